The first-order valence-electron chi connectivity index (χ1n) is 7.63. The number of thioether (sulfide) groups is 1. The molecule has 126 valence electrons. The van der Waals surface area contributed by atoms with Gasteiger partial charge in [-0.3, -0.25) is 14.5 Å². The molecule has 1 aromatic rings. The standard InChI is InChI=1S/C16H22FN3O2S/c1-23-11-6-16(22)20-9-7-19(8-10-20)12-15(21)18-14-4-2-13(17)3-5-14/h2-5H,6-12H2,1H3,(H,18,21). The Morgan fingerprint density at radius 2 is 1.83 bits per heavy atom. The van der Waals surface area contributed by atoms with Gasteiger partial charge in [0.15, 0.2) is 0 Å². The van der Waals surface area contributed by atoms with Crippen LogP contribution in [0.1, 0.15) is 6.42 Å². The van der Waals surface area contributed by atoms with Crippen molar-refractivity contribution in [1.29, 1.82) is 0 Å². The van der Waals surface area contributed by atoms with Crippen molar-refractivity contribution in [3.8, 4) is 0 Å². The molecule has 0 atom stereocenters. The fourth-order valence-corrected chi connectivity index (χ4v) is 2.82. The summed E-state index contributed by atoms with van der Waals surface area (Å²) in [6, 6.07) is 5.70. The van der Waals surface area contributed by atoms with E-state index in [4.69, 9.17) is 0 Å². The molecular formula is C16H22FN3O2S. The Labute approximate surface area is 140 Å². The average Bonchev–Trinajstić information content (AvgIpc) is 2.55. The van der Waals surface area contributed by atoms with Gasteiger partial charge < -0.3 is 10.2 Å². The van der Waals surface area contributed by atoms with E-state index in [-0.39, 0.29) is 24.2 Å². The van der Waals surface area contributed by atoms with E-state index in [0.29, 0.717) is 38.3 Å². The van der Waals surface area contributed by atoms with Crippen LogP contribution in [0.4, 0.5) is 10.1 Å². The van der Waals surface area contributed by atoms with Crippen molar-refractivity contribution in [3.05, 3.63) is 30.1 Å². The van der Waals surface area contributed by atoms with Crippen molar-refractivity contribution in [2.75, 3.05) is 50.0 Å². The van der Waals surface area contributed by atoms with Gasteiger partial charge in [-0.25, -0.2) is 4.39 Å². The molecule has 23 heavy (non-hydrogen) atoms. The molecule has 0 unspecified atom stereocenters. The van der Waals surface area contributed by atoms with Crippen LogP contribution in [0.25, 0.3) is 0 Å². The summed E-state index contributed by atoms with van der Waals surface area (Å²) >= 11 is 1.67. The van der Waals surface area contributed by atoms with Gasteiger partial charge in [-0.1, -0.05) is 0 Å². The molecule has 2 rings (SSSR count). The second-order valence-corrected chi connectivity index (χ2v) is 6.44. The van der Waals surface area contributed by atoms with Gasteiger partial charge in [-0.15, -0.1) is 0 Å². The van der Waals surface area contributed by atoms with Crippen molar-refractivity contribution in [1.82, 2.24) is 9.80 Å². The van der Waals surface area contributed by atoms with Gasteiger partial charge in [0.05, 0.1) is 6.54 Å². The third-order valence-electron chi connectivity index (χ3n) is 3.74. The third-order valence-corrected chi connectivity index (χ3v) is 4.35. The van der Waals surface area contributed by atoms with Gasteiger partial charge in [0.2, 0.25) is 11.8 Å². The summed E-state index contributed by atoms with van der Waals surface area (Å²) in [7, 11) is 0. The molecule has 0 spiro atoms. The van der Waals surface area contributed by atoms with Crippen LogP contribution in [0.3, 0.4) is 0 Å². The zero-order chi connectivity index (χ0) is 16.7. The number of nitrogens with one attached hydrogen (secondary N) is 1. The lowest BCUT2D eigenvalue weighted by molar-refractivity contribution is -0.132. The predicted molar refractivity (Wildman–Crippen MR) is 91.0 cm³/mol. The van der Waals surface area contributed by atoms with Crippen LogP contribution in [-0.2, 0) is 9.59 Å². The summed E-state index contributed by atoms with van der Waals surface area (Å²) < 4.78 is 12.8. The predicted octanol–water partition coefficient (Wildman–Crippen LogP) is 1.66. The van der Waals surface area contributed by atoms with E-state index in [1.165, 1.54) is 24.3 Å². The molecule has 1 aliphatic rings. The normalized spacial score (nSPS) is 15.5. The maximum absolute atomic E-state index is 12.8. The number of carbonyl (C=O) groups excluding carboxylic acids is 2. The van der Waals surface area contributed by atoms with E-state index >= 15 is 0 Å². The van der Waals surface area contributed by atoms with E-state index in [0.717, 1.165) is 5.75 Å². The molecule has 0 bridgehead atoms. The van der Waals surface area contributed by atoms with E-state index in [1.54, 1.807) is 11.8 Å². The molecule has 1 aromatic carbocycles. The molecule has 7 heteroatoms. The van der Waals surface area contributed by atoms with Crippen molar-refractivity contribution in [3.63, 3.8) is 0 Å². The molecule has 0 aliphatic carbocycles. The monoisotopic (exact) mass is 339 g/mol. The van der Waals surface area contributed by atoms with Gasteiger partial charge in [0, 0.05) is 44.0 Å². The van der Waals surface area contributed by atoms with E-state index < -0.39 is 0 Å². The average molecular weight is 339 g/mol. The minimum absolute atomic E-state index is 0.126. The van der Waals surface area contributed by atoms with E-state index in [9.17, 15) is 14.0 Å². The number of anilines is 1. The number of nitrogens with zero attached hydrogens (tertiary/aromatic N) is 2. The molecule has 1 aliphatic heterocycles. The number of piperazine rings is 1. The first-order chi connectivity index (χ1) is 11.1. The Morgan fingerprint density at radius 3 is 2.43 bits per heavy atom. The molecule has 0 radical (unpaired) electrons. The molecule has 1 saturated heterocycles. The van der Waals surface area contributed by atoms with Crippen LogP contribution in [0.2, 0.25) is 0 Å². The Kier molecular flexibility index (Phi) is 6.85. The molecular weight excluding hydrogens is 317 g/mol. The Bertz CT molecular complexity index is 531. The van der Waals surface area contributed by atoms with E-state index in [2.05, 4.69) is 5.32 Å². The van der Waals surface area contributed by atoms with Gasteiger partial charge in [0.25, 0.3) is 0 Å². The lowest BCUT2D eigenvalue weighted by Crippen LogP contribution is -2.50. The maximum Gasteiger partial charge on any atom is 0.238 e. The lowest BCUT2D eigenvalue weighted by Gasteiger charge is -2.34. The summed E-state index contributed by atoms with van der Waals surface area (Å²) in [4.78, 5) is 27.8. The van der Waals surface area contributed by atoms with Crippen molar-refractivity contribution >= 4 is 29.3 Å². The molecule has 1 heterocycles. The highest BCUT2D eigenvalue weighted by Crippen LogP contribution is 2.09. The topological polar surface area (TPSA) is 52.7 Å². The molecule has 0 aromatic heterocycles. The number of rotatable bonds is 6. The zero-order valence-corrected chi connectivity index (χ0v) is 14.1. The van der Waals surface area contributed by atoms with Crippen LogP contribution in [0, 0.1) is 5.82 Å². The minimum Gasteiger partial charge on any atom is -0.340 e. The number of benzene rings is 1. The van der Waals surface area contributed by atoms with Gasteiger partial charge >= 0.3 is 0 Å². The van der Waals surface area contributed by atoms with Crippen molar-refractivity contribution in [2.45, 2.75) is 6.42 Å². The van der Waals surface area contributed by atoms with Crippen LogP contribution >= 0.6 is 11.8 Å². The Balaban J connectivity index is 1.72. The lowest BCUT2D eigenvalue weighted by atomic mass is 10.2. The summed E-state index contributed by atoms with van der Waals surface area (Å²) in [5.41, 5.74) is 0.585. The van der Waals surface area contributed by atoms with Crippen LogP contribution in [0.15, 0.2) is 24.3 Å². The van der Waals surface area contributed by atoms with Gasteiger partial charge in [-0.2, -0.15) is 11.8 Å². The minimum atomic E-state index is -0.328. The molecule has 2 amide bonds. The number of amides is 2. The quantitative estimate of drug-likeness (QED) is 0.856. The van der Waals surface area contributed by atoms with Crippen LogP contribution in [-0.4, -0.2) is 66.3 Å². The van der Waals surface area contributed by atoms with Crippen molar-refractivity contribution < 1.29 is 14.0 Å². The molecule has 0 saturated carbocycles. The van der Waals surface area contributed by atoms with Gasteiger partial charge in [0.1, 0.15) is 5.82 Å². The number of halogens is 1. The highest BCUT2D eigenvalue weighted by Gasteiger charge is 2.21. The fraction of sp³-hybridized carbons (Fsp3) is 0.500. The smallest absolute Gasteiger partial charge is 0.238 e. The highest BCUT2D eigenvalue weighted by atomic mass is 32.2. The second-order valence-electron chi connectivity index (χ2n) is 5.45. The molecule has 5 nitrogen and oxygen atoms in total. The fourth-order valence-electron chi connectivity index (χ4n) is 2.44. The summed E-state index contributed by atoms with van der Waals surface area (Å²) in [6.45, 7) is 3.00. The number of hydrogen-bond donors (Lipinski definition) is 1. The Morgan fingerprint density at radius 1 is 1.17 bits per heavy atom. The van der Waals surface area contributed by atoms with Gasteiger partial charge in [-0.05, 0) is 30.5 Å². The summed E-state index contributed by atoms with van der Waals surface area (Å²) in [6.07, 6.45) is 2.57. The first-order valence-corrected chi connectivity index (χ1v) is 9.02. The Hall–Kier alpha value is -1.60. The van der Waals surface area contributed by atoms with Crippen LogP contribution in [0.5, 0.6) is 0 Å². The third kappa shape index (κ3) is 5.84. The van der Waals surface area contributed by atoms with Crippen LogP contribution < -0.4 is 5.32 Å². The molecule has 1 fully saturated rings. The summed E-state index contributed by atoms with van der Waals surface area (Å²) in [5.74, 6) is 0.581. The maximum atomic E-state index is 12.8. The SMILES string of the molecule is CSCCC(=O)N1CCN(CC(=O)Nc2ccc(F)cc2)CC1. The van der Waals surface area contributed by atoms with Crippen molar-refractivity contribution in [2.24, 2.45) is 0 Å². The highest BCUT2D eigenvalue weighted by molar-refractivity contribution is 7.98. The first kappa shape index (κ1) is 17.7. The second kappa shape index (κ2) is 8.88. The largest absolute Gasteiger partial charge is 0.340 e. The number of carbonyl (C=O) groups is 2. The summed E-state index contributed by atoms with van der Waals surface area (Å²) in [5, 5.41) is 2.75. The zero-order valence-electron chi connectivity index (χ0n) is 13.3. The number of hydrogen-bond acceptors (Lipinski definition) is 4. The molecule has 1 N–H and O–H groups in total. The van der Waals surface area contributed by atoms with E-state index in [1.807, 2.05) is 16.1 Å².